The van der Waals surface area contributed by atoms with Crippen LogP contribution < -0.4 is 20.7 Å². The van der Waals surface area contributed by atoms with Crippen LogP contribution in [0.3, 0.4) is 0 Å². The van der Waals surface area contributed by atoms with E-state index in [1.54, 1.807) is 31.4 Å². The minimum Gasteiger partial charge on any atom is -0.497 e. The van der Waals surface area contributed by atoms with Crippen molar-refractivity contribution < 1.29 is 9.53 Å². The highest BCUT2D eigenvalue weighted by molar-refractivity contribution is 5.94. The van der Waals surface area contributed by atoms with E-state index >= 15 is 0 Å². The molecule has 0 spiro atoms. The Morgan fingerprint density at radius 2 is 1.88 bits per heavy atom. The van der Waals surface area contributed by atoms with E-state index in [-0.39, 0.29) is 5.91 Å². The molecule has 1 amide bonds. The second kappa shape index (κ2) is 8.71. The van der Waals surface area contributed by atoms with E-state index in [0.717, 1.165) is 23.8 Å². The Morgan fingerprint density at radius 3 is 2.54 bits per heavy atom. The number of anilines is 2. The van der Waals surface area contributed by atoms with Gasteiger partial charge in [0.25, 0.3) is 5.91 Å². The largest absolute Gasteiger partial charge is 0.497 e. The van der Waals surface area contributed by atoms with E-state index in [1.165, 1.54) is 0 Å². The molecule has 0 fully saturated rings. The van der Waals surface area contributed by atoms with Crippen LogP contribution in [-0.4, -0.2) is 42.6 Å². The number of benzene rings is 1. The Bertz CT molecular complexity index is 673. The van der Waals surface area contributed by atoms with E-state index in [1.807, 2.05) is 19.9 Å². The minimum absolute atomic E-state index is 0.119. The lowest BCUT2D eigenvalue weighted by Gasteiger charge is -2.10. The lowest BCUT2D eigenvalue weighted by atomic mass is 10.2. The van der Waals surface area contributed by atoms with Gasteiger partial charge in [0.1, 0.15) is 11.6 Å². The van der Waals surface area contributed by atoms with Crippen molar-refractivity contribution >= 4 is 17.7 Å². The van der Waals surface area contributed by atoms with Crippen LogP contribution in [0.4, 0.5) is 11.8 Å². The summed E-state index contributed by atoms with van der Waals surface area (Å²) in [4.78, 5) is 20.7. The fourth-order valence-electron chi connectivity index (χ4n) is 2.11. The molecular formula is C17H23N5O2. The number of aromatic nitrogens is 2. The van der Waals surface area contributed by atoms with Gasteiger partial charge in [-0.05, 0) is 38.1 Å². The van der Waals surface area contributed by atoms with Crippen LogP contribution in [0.1, 0.15) is 23.0 Å². The third-order valence-electron chi connectivity index (χ3n) is 3.26. The highest BCUT2D eigenvalue weighted by Gasteiger charge is 2.05. The maximum atomic E-state index is 12.0. The molecule has 0 unspecified atom stereocenters. The predicted octanol–water partition coefficient (Wildman–Crippen LogP) is 2.07. The van der Waals surface area contributed by atoms with Crippen LogP contribution in [0.15, 0.2) is 30.3 Å². The molecule has 0 radical (unpaired) electrons. The number of hydrogen-bond acceptors (Lipinski definition) is 6. The molecule has 0 bridgehead atoms. The number of carbonyl (C=O) groups is 1. The first-order valence-corrected chi connectivity index (χ1v) is 7.88. The lowest BCUT2D eigenvalue weighted by Crippen LogP contribution is -2.28. The summed E-state index contributed by atoms with van der Waals surface area (Å²) in [5, 5.41) is 9.13. The maximum Gasteiger partial charge on any atom is 0.251 e. The second-order valence-corrected chi connectivity index (χ2v) is 5.16. The highest BCUT2D eigenvalue weighted by atomic mass is 16.5. The van der Waals surface area contributed by atoms with E-state index in [9.17, 15) is 4.79 Å². The van der Waals surface area contributed by atoms with E-state index in [4.69, 9.17) is 4.74 Å². The molecule has 0 saturated heterocycles. The predicted molar refractivity (Wildman–Crippen MR) is 94.7 cm³/mol. The molecule has 24 heavy (non-hydrogen) atoms. The van der Waals surface area contributed by atoms with Crippen molar-refractivity contribution in [2.45, 2.75) is 13.8 Å². The second-order valence-electron chi connectivity index (χ2n) is 5.16. The van der Waals surface area contributed by atoms with Gasteiger partial charge in [0.15, 0.2) is 0 Å². The molecule has 2 rings (SSSR count). The number of rotatable bonds is 8. The Kier molecular flexibility index (Phi) is 6.36. The fourth-order valence-corrected chi connectivity index (χ4v) is 2.11. The van der Waals surface area contributed by atoms with Crippen molar-refractivity contribution in [3.63, 3.8) is 0 Å². The molecule has 0 saturated carbocycles. The summed E-state index contributed by atoms with van der Waals surface area (Å²) >= 11 is 0. The van der Waals surface area contributed by atoms with Crippen molar-refractivity contribution in [2.75, 3.05) is 37.4 Å². The third-order valence-corrected chi connectivity index (χ3v) is 3.26. The average molecular weight is 329 g/mol. The van der Waals surface area contributed by atoms with Gasteiger partial charge in [-0.3, -0.25) is 4.79 Å². The SMILES string of the molecule is CCNc1nc(C)cc(NCCNC(=O)c2ccc(OC)cc2)n1. The Balaban J connectivity index is 1.80. The standard InChI is InChI=1S/C17H23N5O2/c1-4-18-17-21-12(2)11-15(22-17)19-9-10-20-16(23)13-5-7-14(24-3)8-6-13/h5-8,11H,4,9-10H2,1-3H3,(H,20,23)(H2,18,19,21,22). The summed E-state index contributed by atoms with van der Waals surface area (Å²) in [6.07, 6.45) is 0. The van der Waals surface area contributed by atoms with Gasteiger partial charge < -0.3 is 20.7 Å². The summed E-state index contributed by atoms with van der Waals surface area (Å²) < 4.78 is 5.07. The Hall–Kier alpha value is -2.83. The van der Waals surface area contributed by atoms with Crippen molar-refractivity contribution in [1.82, 2.24) is 15.3 Å². The van der Waals surface area contributed by atoms with Gasteiger partial charge in [0, 0.05) is 37.0 Å². The molecule has 1 heterocycles. The number of hydrogen-bond donors (Lipinski definition) is 3. The first-order valence-electron chi connectivity index (χ1n) is 7.88. The third kappa shape index (κ3) is 5.12. The van der Waals surface area contributed by atoms with E-state index in [0.29, 0.717) is 24.6 Å². The summed E-state index contributed by atoms with van der Waals surface area (Å²) in [6.45, 7) is 5.74. The smallest absolute Gasteiger partial charge is 0.251 e. The summed E-state index contributed by atoms with van der Waals surface area (Å²) in [5.74, 6) is 1.94. The Labute approximate surface area is 141 Å². The van der Waals surface area contributed by atoms with Crippen LogP contribution in [-0.2, 0) is 0 Å². The quantitative estimate of drug-likeness (QED) is 0.643. The molecule has 7 nitrogen and oxygen atoms in total. The van der Waals surface area contributed by atoms with Gasteiger partial charge in [-0.15, -0.1) is 0 Å². The minimum atomic E-state index is -0.119. The number of methoxy groups -OCH3 is 1. The molecule has 7 heteroatoms. The van der Waals surface area contributed by atoms with Crippen LogP contribution in [0.25, 0.3) is 0 Å². The number of carbonyl (C=O) groups excluding carboxylic acids is 1. The van der Waals surface area contributed by atoms with Crippen LogP contribution in [0, 0.1) is 6.92 Å². The van der Waals surface area contributed by atoms with E-state index < -0.39 is 0 Å². The van der Waals surface area contributed by atoms with Gasteiger partial charge in [-0.25, -0.2) is 4.98 Å². The number of nitrogens with one attached hydrogen (secondary N) is 3. The van der Waals surface area contributed by atoms with E-state index in [2.05, 4.69) is 25.9 Å². The first kappa shape index (κ1) is 17.5. The zero-order valence-electron chi connectivity index (χ0n) is 14.2. The molecule has 0 aliphatic heterocycles. The molecule has 1 aromatic carbocycles. The van der Waals surface area contributed by atoms with Gasteiger partial charge in [-0.2, -0.15) is 4.98 Å². The molecule has 0 atom stereocenters. The van der Waals surface area contributed by atoms with Gasteiger partial charge in [0.05, 0.1) is 7.11 Å². The summed E-state index contributed by atoms with van der Waals surface area (Å²) in [6, 6.07) is 8.86. The fraction of sp³-hybridized carbons (Fsp3) is 0.353. The average Bonchev–Trinajstić information content (AvgIpc) is 2.58. The van der Waals surface area contributed by atoms with Crippen LogP contribution in [0.2, 0.25) is 0 Å². The van der Waals surface area contributed by atoms with Crippen molar-refractivity contribution in [2.24, 2.45) is 0 Å². The van der Waals surface area contributed by atoms with Crippen molar-refractivity contribution in [3.8, 4) is 5.75 Å². The van der Waals surface area contributed by atoms with Crippen molar-refractivity contribution in [3.05, 3.63) is 41.6 Å². The van der Waals surface area contributed by atoms with Crippen LogP contribution in [0.5, 0.6) is 5.75 Å². The number of ether oxygens (including phenoxy) is 1. The normalized spacial score (nSPS) is 10.1. The number of nitrogens with zero attached hydrogens (tertiary/aromatic N) is 2. The van der Waals surface area contributed by atoms with Crippen molar-refractivity contribution in [1.29, 1.82) is 0 Å². The molecule has 0 aliphatic carbocycles. The van der Waals surface area contributed by atoms with Gasteiger partial charge in [0.2, 0.25) is 5.95 Å². The Morgan fingerprint density at radius 1 is 1.12 bits per heavy atom. The lowest BCUT2D eigenvalue weighted by molar-refractivity contribution is 0.0955. The molecule has 2 aromatic rings. The number of aryl methyl sites for hydroxylation is 1. The number of amides is 1. The molecule has 0 aliphatic rings. The zero-order valence-corrected chi connectivity index (χ0v) is 14.2. The maximum absolute atomic E-state index is 12.0. The summed E-state index contributed by atoms with van der Waals surface area (Å²) in [7, 11) is 1.59. The van der Waals surface area contributed by atoms with Gasteiger partial charge in [-0.1, -0.05) is 0 Å². The van der Waals surface area contributed by atoms with Crippen LogP contribution >= 0.6 is 0 Å². The topological polar surface area (TPSA) is 88.2 Å². The van der Waals surface area contributed by atoms with Gasteiger partial charge >= 0.3 is 0 Å². The monoisotopic (exact) mass is 329 g/mol. The molecule has 3 N–H and O–H groups in total. The molecule has 128 valence electrons. The molecular weight excluding hydrogens is 306 g/mol. The zero-order chi connectivity index (χ0) is 17.4. The summed E-state index contributed by atoms with van der Waals surface area (Å²) in [5.41, 5.74) is 1.48. The molecule has 1 aromatic heterocycles. The first-order chi connectivity index (χ1) is 11.6. The highest BCUT2D eigenvalue weighted by Crippen LogP contribution is 2.11.